The number of ether oxygens (including phenoxy) is 3. The molecule has 0 radical (unpaired) electrons. The van der Waals surface area contributed by atoms with Crippen molar-refractivity contribution in [3.05, 3.63) is 65.2 Å². The minimum atomic E-state index is -0.691. The molecule has 3 rings (SSSR count). The lowest BCUT2D eigenvalue weighted by Gasteiger charge is -2.27. The van der Waals surface area contributed by atoms with Crippen molar-refractivity contribution in [3.8, 4) is 5.75 Å². The molecule has 1 fully saturated rings. The summed E-state index contributed by atoms with van der Waals surface area (Å²) in [6, 6.07) is 16.4. The van der Waals surface area contributed by atoms with E-state index in [1.54, 1.807) is 11.8 Å². The summed E-state index contributed by atoms with van der Waals surface area (Å²) in [4.78, 5) is 23.3. The minimum Gasteiger partial charge on any atom is -0.488 e. The van der Waals surface area contributed by atoms with Crippen molar-refractivity contribution >= 4 is 35.5 Å². The largest absolute Gasteiger partial charge is 0.488 e. The number of esters is 2. The first-order valence-corrected chi connectivity index (χ1v) is 15.0. The molecule has 1 N–H and O–H groups in total. The van der Waals surface area contributed by atoms with E-state index in [1.807, 2.05) is 36.4 Å². The van der Waals surface area contributed by atoms with Crippen molar-refractivity contribution in [2.75, 3.05) is 31.5 Å². The number of aliphatic hydroxyl groups is 1. The quantitative estimate of drug-likeness (QED) is 0.218. The Morgan fingerprint density at radius 3 is 2.30 bits per heavy atom. The van der Waals surface area contributed by atoms with Crippen molar-refractivity contribution in [1.82, 2.24) is 0 Å². The summed E-state index contributed by atoms with van der Waals surface area (Å²) in [5.41, 5.74) is 3.25. The lowest BCUT2D eigenvalue weighted by atomic mass is 9.93. The maximum absolute atomic E-state index is 11.8. The molecule has 0 saturated heterocycles. The molecular formula is C29H38O6S2. The highest BCUT2D eigenvalue weighted by atomic mass is 32.2. The molecule has 0 spiro atoms. The van der Waals surface area contributed by atoms with Gasteiger partial charge in [-0.3, -0.25) is 9.59 Å². The van der Waals surface area contributed by atoms with Gasteiger partial charge in [-0.2, -0.15) is 23.5 Å². The fourth-order valence-electron chi connectivity index (χ4n) is 4.58. The average molecular weight is 547 g/mol. The number of thioether (sulfide) groups is 2. The molecule has 1 aliphatic rings. The second-order valence-corrected chi connectivity index (χ2v) is 11.5. The molecule has 202 valence electrons. The summed E-state index contributed by atoms with van der Waals surface area (Å²) >= 11 is 3.07. The van der Waals surface area contributed by atoms with Crippen molar-refractivity contribution in [3.63, 3.8) is 0 Å². The van der Waals surface area contributed by atoms with E-state index in [0.29, 0.717) is 36.2 Å². The number of aliphatic hydroxyl groups excluding tert-OH is 1. The highest BCUT2D eigenvalue weighted by molar-refractivity contribution is 8.00. The van der Waals surface area contributed by atoms with Gasteiger partial charge in [0, 0.05) is 22.8 Å². The zero-order valence-electron chi connectivity index (χ0n) is 21.7. The highest BCUT2D eigenvalue weighted by Gasteiger charge is 2.29. The van der Waals surface area contributed by atoms with Gasteiger partial charge in [0.25, 0.3) is 0 Å². The third kappa shape index (κ3) is 9.27. The van der Waals surface area contributed by atoms with Gasteiger partial charge in [-0.25, -0.2) is 0 Å². The number of benzene rings is 2. The number of rotatable bonds is 15. The third-order valence-corrected chi connectivity index (χ3v) is 8.99. The Balaban J connectivity index is 1.86. The normalized spacial score (nSPS) is 15.2. The van der Waals surface area contributed by atoms with E-state index < -0.39 is 6.10 Å². The van der Waals surface area contributed by atoms with Gasteiger partial charge in [0.2, 0.25) is 0 Å². The predicted octanol–water partition coefficient (Wildman–Crippen LogP) is 5.92. The predicted molar refractivity (Wildman–Crippen MR) is 150 cm³/mol. The smallest absolute Gasteiger partial charge is 0.306 e. The van der Waals surface area contributed by atoms with Gasteiger partial charge in [-0.1, -0.05) is 61.4 Å². The second-order valence-electron chi connectivity index (χ2n) is 9.11. The van der Waals surface area contributed by atoms with Gasteiger partial charge >= 0.3 is 11.9 Å². The maximum Gasteiger partial charge on any atom is 0.306 e. The first-order chi connectivity index (χ1) is 18.0. The Hall–Kier alpha value is -2.16. The molecule has 1 aliphatic carbocycles. The van der Waals surface area contributed by atoms with Crippen LogP contribution in [0.1, 0.15) is 66.4 Å². The van der Waals surface area contributed by atoms with Crippen LogP contribution in [0, 0.1) is 0 Å². The van der Waals surface area contributed by atoms with Crippen LogP contribution in [0.5, 0.6) is 5.75 Å². The summed E-state index contributed by atoms with van der Waals surface area (Å²) in [5.74, 6) is 2.32. The second kappa shape index (κ2) is 15.9. The van der Waals surface area contributed by atoms with Crippen LogP contribution < -0.4 is 4.74 Å². The van der Waals surface area contributed by atoms with Crippen LogP contribution in [0.15, 0.2) is 48.5 Å². The van der Waals surface area contributed by atoms with Gasteiger partial charge in [0.15, 0.2) is 0 Å². The van der Waals surface area contributed by atoms with Crippen LogP contribution in [-0.4, -0.2) is 54.6 Å². The van der Waals surface area contributed by atoms with Crippen molar-refractivity contribution < 1.29 is 28.9 Å². The fourth-order valence-corrected chi connectivity index (χ4v) is 6.84. The minimum absolute atomic E-state index is 0.258. The van der Waals surface area contributed by atoms with Crippen molar-refractivity contribution in [2.24, 2.45) is 0 Å². The Morgan fingerprint density at radius 1 is 0.946 bits per heavy atom. The van der Waals surface area contributed by atoms with Crippen LogP contribution in [-0.2, 0) is 25.7 Å². The zero-order valence-corrected chi connectivity index (χ0v) is 23.4. The van der Waals surface area contributed by atoms with Gasteiger partial charge in [0.1, 0.15) is 12.4 Å². The topological polar surface area (TPSA) is 82.1 Å². The molecule has 0 heterocycles. The molecule has 2 unspecified atom stereocenters. The highest BCUT2D eigenvalue weighted by Crippen LogP contribution is 2.46. The summed E-state index contributed by atoms with van der Waals surface area (Å²) in [5, 5.41) is 11.1. The monoisotopic (exact) mass is 546 g/mol. The zero-order chi connectivity index (χ0) is 26.5. The molecule has 0 aliphatic heterocycles. The SMILES string of the molecule is COC(=O)CCSCC(O)C(SCCC(=O)OC)c1cccc(C2CCCC2)c1OCc1ccccc1. The van der Waals surface area contributed by atoms with Crippen LogP contribution >= 0.6 is 23.5 Å². The van der Waals surface area contributed by atoms with Crippen molar-refractivity contribution in [2.45, 2.75) is 62.4 Å². The van der Waals surface area contributed by atoms with Crippen LogP contribution in [0.25, 0.3) is 0 Å². The number of hydrogen-bond donors (Lipinski definition) is 1. The first kappa shape index (κ1) is 29.4. The lowest BCUT2D eigenvalue weighted by molar-refractivity contribution is -0.141. The average Bonchev–Trinajstić information content (AvgIpc) is 3.47. The molecule has 0 bridgehead atoms. The summed E-state index contributed by atoms with van der Waals surface area (Å²) in [7, 11) is 2.77. The number of carbonyl (C=O) groups is 2. The first-order valence-electron chi connectivity index (χ1n) is 12.8. The Labute approximate surface area is 228 Å². The van der Waals surface area contributed by atoms with E-state index in [-0.39, 0.29) is 23.6 Å². The van der Waals surface area contributed by atoms with E-state index in [9.17, 15) is 14.7 Å². The number of hydrogen-bond acceptors (Lipinski definition) is 8. The van der Waals surface area contributed by atoms with Crippen LogP contribution in [0.4, 0.5) is 0 Å². The van der Waals surface area contributed by atoms with Gasteiger partial charge in [-0.05, 0) is 29.9 Å². The van der Waals surface area contributed by atoms with Crippen molar-refractivity contribution in [1.29, 1.82) is 0 Å². The van der Waals surface area contributed by atoms with E-state index in [1.165, 1.54) is 44.4 Å². The molecule has 2 aromatic rings. The molecular weight excluding hydrogens is 508 g/mol. The lowest BCUT2D eigenvalue weighted by Crippen LogP contribution is -2.21. The number of para-hydroxylation sites is 1. The Kier molecular flexibility index (Phi) is 12.7. The fraction of sp³-hybridized carbons (Fsp3) is 0.517. The van der Waals surface area contributed by atoms with Gasteiger partial charge < -0.3 is 19.3 Å². The van der Waals surface area contributed by atoms with Crippen LogP contribution in [0.2, 0.25) is 0 Å². The van der Waals surface area contributed by atoms with E-state index >= 15 is 0 Å². The molecule has 0 amide bonds. The van der Waals surface area contributed by atoms with Gasteiger partial charge in [0.05, 0.1) is 38.4 Å². The number of methoxy groups -OCH3 is 2. The van der Waals surface area contributed by atoms with Crippen LogP contribution in [0.3, 0.4) is 0 Å². The molecule has 1 saturated carbocycles. The molecule has 2 atom stereocenters. The summed E-state index contributed by atoms with van der Waals surface area (Å²) < 4.78 is 16.1. The molecule has 8 heteroatoms. The molecule has 37 heavy (non-hydrogen) atoms. The molecule has 2 aromatic carbocycles. The Morgan fingerprint density at radius 2 is 1.62 bits per heavy atom. The Bertz CT molecular complexity index is 978. The molecule has 0 aromatic heterocycles. The van der Waals surface area contributed by atoms with E-state index in [2.05, 4.69) is 12.1 Å². The molecule has 6 nitrogen and oxygen atoms in total. The van der Waals surface area contributed by atoms with E-state index in [4.69, 9.17) is 14.2 Å². The maximum atomic E-state index is 11.8. The third-order valence-electron chi connectivity index (χ3n) is 6.55. The van der Waals surface area contributed by atoms with E-state index in [0.717, 1.165) is 29.7 Å². The van der Waals surface area contributed by atoms with Gasteiger partial charge in [-0.15, -0.1) is 0 Å². The number of carbonyl (C=O) groups excluding carboxylic acids is 2. The summed E-state index contributed by atoms with van der Waals surface area (Å²) in [6.07, 6.45) is 4.57. The standard InChI is InChI=1S/C29H38O6S2/c1-33-26(31)15-17-36-20-25(30)29(37-18-16-27(32)34-2)24-14-8-13-23(22-11-6-7-12-22)28(24)35-19-21-9-4-3-5-10-21/h3-5,8-10,13-14,22,25,29-30H,6-7,11-12,15-20H2,1-2H3. The summed E-state index contributed by atoms with van der Waals surface area (Å²) in [6.45, 7) is 0.446.